The van der Waals surface area contributed by atoms with Gasteiger partial charge in [0.15, 0.2) is 16.3 Å². The lowest BCUT2D eigenvalue weighted by Gasteiger charge is -2.27. The zero-order valence-electron chi connectivity index (χ0n) is 12.0. The van der Waals surface area contributed by atoms with Gasteiger partial charge in [0.05, 0.1) is 14.2 Å². The Hall–Kier alpha value is -1.13. The molecule has 0 atom stereocenters. The Balaban J connectivity index is 2.97. The zero-order valence-corrected chi connectivity index (χ0v) is 13.5. The van der Waals surface area contributed by atoms with Gasteiger partial charge in [-0.05, 0) is 31.5 Å². The summed E-state index contributed by atoms with van der Waals surface area (Å²) in [7, 11) is 3.15. The summed E-state index contributed by atoms with van der Waals surface area (Å²) in [5.74, 6) is 0.957. The lowest BCUT2D eigenvalue weighted by Crippen LogP contribution is -2.39. The van der Waals surface area contributed by atoms with Crippen LogP contribution in [0.25, 0.3) is 0 Å². The van der Waals surface area contributed by atoms with Crippen molar-refractivity contribution in [3.05, 3.63) is 23.8 Å². The highest BCUT2D eigenvalue weighted by Crippen LogP contribution is 2.28. The molecular formula is C14H19Cl2NO3. The first kappa shape index (κ1) is 16.9. The predicted octanol–water partition coefficient (Wildman–Crippen LogP) is 3.24. The quantitative estimate of drug-likeness (QED) is 0.755. The van der Waals surface area contributed by atoms with Gasteiger partial charge in [0.25, 0.3) is 5.91 Å². The number of nitrogens with zero attached hydrogens (tertiary/aromatic N) is 1. The van der Waals surface area contributed by atoms with E-state index in [1.165, 1.54) is 0 Å². The van der Waals surface area contributed by atoms with Gasteiger partial charge >= 0.3 is 0 Å². The van der Waals surface area contributed by atoms with Gasteiger partial charge in [-0.1, -0.05) is 29.3 Å². The van der Waals surface area contributed by atoms with Crippen LogP contribution in [0.5, 0.6) is 11.5 Å². The standard InChI is InChI=1S/C14H19Cl2NO3/c1-9(2)17(14(18)13(15)16)8-10-5-6-11(19-3)12(7-10)20-4/h5-7,9,13H,8H2,1-4H3. The SMILES string of the molecule is COc1ccc(CN(C(=O)C(Cl)Cl)C(C)C)cc1OC. The number of carbonyl (C=O) groups excluding carboxylic acids is 1. The van der Waals surface area contributed by atoms with Crippen LogP contribution in [-0.2, 0) is 11.3 Å². The number of hydrogen-bond acceptors (Lipinski definition) is 3. The molecule has 0 heterocycles. The summed E-state index contributed by atoms with van der Waals surface area (Å²) < 4.78 is 10.4. The van der Waals surface area contributed by atoms with Gasteiger partial charge in [-0.2, -0.15) is 0 Å². The van der Waals surface area contributed by atoms with E-state index in [1.54, 1.807) is 25.2 Å². The smallest absolute Gasteiger partial charge is 0.256 e. The molecule has 112 valence electrons. The number of alkyl halides is 2. The molecule has 4 nitrogen and oxygen atoms in total. The van der Waals surface area contributed by atoms with Gasteiger partial charge in [-0.25, -0.2) is 0 Å². The van der Waals surface area contributed by atoms with Crippen molar-refractivity contribution in [3.8, 4) is 11.5 Å². The van der Waals surface area contributed by atoms with E-state index in [0.717, 1.165) is 5.56 Å². The largest absolute Gasteiger partial charge is 0.493 e. The highest BCUT2D eigenvalue weighted by Gasteiger charge is 2.23. The van der Waals surface area contributed by atoms with Gasteiger partial charge in [-0.3, -0.25) is 4.79 Å². The fourth-order valence-corrected chi connectivity index (χ4v) is 2.07. The molecule has 0 aliphatic rings. The van der Waals surface area contributed by atoms with Crippen LogP contribution in [0.1, 0.15) is 19.4 Å². The van der Waals surface area contributed by atoms with Crippen LogP contribution in [0, 0.1) is 0 Å². The summed E-state index contributed by atoms with van der Waals surface area (Å²) in [4.78, 5) is 12.5. The molecular weight excluding hydrogens is 301 g/mol. The van der Waals surface area contributed by atoms with Crippen LogP contribution < -0.4 is 9.47 Å². The van der Waals surface area contributed by atoms with Gasteiger partial charge in [-0.15, -0.1) is 0 Å². The van der Waals surface area contributed by atoms with Crippen LogP contribution in [0.3, 0.4) is 0 Å². The van der Waals surface area contributed by atoms with Crippen molar-refractivity contribution in [1.82, 2.24) is 4.90 Å². The highest BCUT2D eigenvalue weighted by atomic mass is 35.5. The number of methoxy groups -OCH3 is 2. The minimum Gasteiger partial charge on any atom is -0.493 e. The third-order valence-corrected chi connectivity index (χ3v) is 3.27. The van der Waals surface area contributed by atoms with Gasteiger partial charge in [0.1, 0.15) is 0 Å². The maximum absolute atomic E-state index is 12.0. The second kappa shape index (κ2) is 7.60. The average molecular weight is 320 g/mol. The van der Waals surface area contributed by atoms with Crippen molar-refractivity contribution >= 4 is 29.1 Å². The number of hydrogen-bond donors (Lipinski definition) is 0. The molecule has 0 aromatic heterocycles. The molecule has 0 aliphatic carbocycles. The van der Waals surface area contributed by atoms with Crippen LogP contribution in [-0.4, -0.2) is 35.9 Å². The normalized spacial score (nSPS) is 10.8. The number of rotatable bonds is 6. The highest BCUT2D eigenvalue weighted by molar-refractivity contribution is 6.53. The molecule has 0 saturated heterocycles. The number of benzene rings is 1. The molecule has 0 saturated carbocycles. The first-order chi connectivity index (χ1) is 9.40. The Morgan fingerprint density at radius 3 is 2.25 bits per heavy atom. The van der Waals surface area contributed by atoms with E-state index in [2.05, 4.69) is 0 Å². The van der Waals surface area contributed by atoms with Crippen LogP contribution in [0.4, 0.5) is 0 Å². The van der Waals surface area contributed by atoms with E-state index in [-0.39, 0.29) is 11.9 Å². The molecule has 1 amide bonds. The monoisotopic (exact) mass is 319 g/mol. The molecule has 0 N–H and O–H groups in total. The minimum atomic E-state index is -1.06. The summed E-state index contributed by atoms with van der Waals surface area (Å²) >= 11 is 11.3. The molecule has 0 radical (unpaired) electrons. The Morgan fingerprint density at radius 2 is 1.80 bits per heavy atom. The second-order valence-electron chi connectivity index (χ2n) is 4.55. The number of ether oxygens (including phenoxy) is 2. The maximum Gasteiger partial charge on any atom is 0.256 e. The molecule has 6 heteroatoms. The van der Waals surface area contributed by atoms with Crippen molar-refractivity contribution in [2.24, 2.45) is 0 Å². The Morgan fingerprint density at radius 1 is 1.20 bits per heavy atom. The Bertz CT molecular complexity index is 464. The molecule has 1 aromatic rings. The fourth-order valence-electron chi connectivity index (χ4n) is 1.82. The molecule has 0 spiro atoms. The van der Waals surface area contributed by atoms with E-state index in [1.807, 2.05) is 26.0 Å². The van der Waals surface area contributed by atoms with Gasteiger partial charge in [0, 0.05) is 12.6 Å². The number of carbonyl (C=O) groups is 1. The van der Waals surface area contributed by atoms with Gasteiger partial charge in [0.2, 0.25) is 0 Å². The van der Waals surface area contributed by atoms with Crippen LogP contribution >= 0.6 is 23.2 Å². The first-order valence-electron chi connectivity index (χ1n) is 6.20. The predicted molar refractivity (Wildman–Crippen MR) is 80.7 cm³/mol. The topological polar surface area (TPSA) is 38.8 Å². The molecule has 20 heavy (non-hydrogen) atoms. The van der Waals surface area contributed by atoms with Crippen LogP contribution in [0.2, 0.25) is 0 Å². The summed E-state index contributed by atoms with van der Waals surface area (Å²) in [5, 5.41) is 0. The van der Waals surface area contributed by atoms with Gasteiger partial charge < -0.3 is 14.4 Å². The molecule has 0 bridgehead atoms. The van der Waals surface area contributed by atoms with Crippen molar-refractivity contribution in [3.63, 3.8) is 0 Å². The number of amides is 1. The Labute approximate surface area is 129 Å². The van der Waals surface area contributed by atoms with E-state index in [9.17, 15) is 4.79 Å². The number of halogens is 2. The average Bonchev–Trinajstić information content (AvgIpc) is 2.43. The summed E-state index contributed by atoms with van der Waals surface area (Å²) in [5.41, 5.74) is 0.915. The van der Waals surface area contributed by atoms with Crippen molar-refractivity contribution < 1.29 is 14.3 Å². The lowest BCUT2D eigenvalue weighted by atomic mass is 10.1. The summed E-state index contributed by atoms with van der Waals surface area (Å²) in [6.45, 7) is 4.23. The van der Waals surface area contributed by atoms with E-state index < -0.39 is 4.84 Å². The molecule has 0 aliphatic heterocycles. The summed E-state index contributed by atoms with van der Waals surface area (Å²) in [6, 6.07) is 5.51. The fraction of sp³-hybridized carbons (Fsp3) is 0.500. The molecule has 1 aromatic carbocycles. The van der Waals surface area contributed by atoms with Crippen molar-refractivity contribution in [2.75, 3.05) is 14.2 Å². The maximum atomic E-state index is 12.0. The Kier molecular flexibility index (Phi) is 6.43. The van der Waals surface area contributed by atoms with E-state index in [0.29, 0.717) is 18.0 Å². The lowest BCUT2D eigenvalue weighted by molar-refractivity contribution is -0.131. The first-order valence-corrected chi connectivity index (χ1v) is 7.07. The van der Waals surface area contributed by atoms with E-state index in [4.69, 9.17) is 32.7 Å². The minimum absolute atomic E-state index is 0.00408. The third-order valence-electron chi connectivity index (χ3n) is 2.89. The summed E-state index contributed by atoms with van der Waals surface area (Å²) in [6.07, 6.45) is 0. The van der Waals surface area contributed by atoms with Crippen LogP contribution in [0.15, 0.2) is 18.2 Å². The zero-order chi connectivity index (χ0) is 15.3. The molecule has 0 unspecified atom stereocenters. The van der Waals surface area contributed by atoms with Crippen molar-refractivity contribution in [1.29, 1.82) is 0 Å². The van der Waals surface area contributed by atoms with E-state index >= 15 is 0 Å². The van der Waals surface area contributed by atoms with Crippen molar-refractivity contribution in [2.45, 2.75) is 31.3 Å². The molecule has 1 rings (SSSR count). The second-order valence-corrected chi connectivity index (χ2v) is 5.65. The molecule has 0 fully saturated rings. The third kappa shape index (κ3) is 4.18.